The van der Waals surface area contributed by atoms with Crippen LogP contribution in [0.1, 0.15) is 18.4 Å². The van der Waals surface area contributed by atoms with Gasteiger partial charge < -0.3 is 10.1 Å². The van der Waals surface area contributed by atoms with Crippen LogP contribution in [0.15, 0.2) is 23.1 Å². The van der Waals surface area contributed by atoms with Crippen LogP contribution < -0.4 is 10.1 Å². The van der Waals surface area contributed by atoms with Gasteiger partial charge in [0, 0.05) is 13.1 Å². The molecule has 0 radical (unpaired) electrons. The Balaban J connectivity index is 2.25. The van der Waals surface area contributed by atoms with Gasteiger partial charge in [-0.1, -0.05) is 0 Å². The highest BCUT2D eigenvalue weighted by atomic mass is 32.2. The van der Waals surface area contributed by atoms with Crippen LogP contribution in [-0.4, -0.2) is 46.5 Å². The van der Waals surface area contributed by atoms with Gasteiger partial charge in [0.25, 0.3) is 0 Å². The summed E-state index contributed by atoms with van der Waals surface area (Å²) in [5.41, 5.74) is 0.727. The Morgan fingerprint density at radius 1 is 1.43 bits per heavy atom. The lowest BCUT2D eigenvalue weighted by atomic mass is 10.00. The Morgan fingerprint density at radius 3 is 2.81 bits per heavy atom. The van der Waals surface area contributed by atoms with Gasteiger partial charge in [0.2, 0.25) is 10.0 Å². The molecule has 0 spiro atoms. The van der Waals surface area contributed by atoms with Crippen molar-refractivity contribution in [3.05, 3.63) is 23.8 Å². The number of piperidine rings is 1. The fraction of sp³-hybridized carbons (Fsp3) is 0.600. The first-order valence-corrected chi connectivity index (χ1v) is 8.72. The molecule has 1 fully saturated rings. The highest BCUT2D eigenvalue weighted by Gasteiger charge is 2.30. The minimum Gasteiger partial charge on any atom is -0.497 e. The first-order valence-electron chi connectivity index (χ1n) is 7.28. The molecule has 1 N–H and O–H groups in total. The molecular formula is C15H24N2O3S. The van der Waals surface area contributed by atoms with Crippen molar-refractivity contribution in [1.82, 2.24) is 9.62 Å². The molecule has 1 saturated heterocycles. The number of methoxy groups -OCH3 is 1. The molecule has 1 aliphatic rings. The summed E-state index contributed by atoms with van der Waals surface area (Å²) < 4.78 is 32.4. The number of rotatable bonds is 5. The van der Waals surface area contributed by atoms with Crippen molar-refractivity contribution < 1.29 is 13.2 Å². The average molecular weight is 312 g/mol. The summed E-state index contributed by atoms with van der Waals surface area (Å²) in [5.74, 6) is 1.07. The second-order valence-corrected chi connectivity index (χ2v) is 7.47. The van der Waals surface area contributed by atoms with Gasteiger partial charge in [0.1, 0.15) is 5.75 Å². The van der Waals surface area contributed by atoms with Gasteiger partial charge >= 0.3 is 0 Å². The summed E-state index contributed by atoms with van der Waals surface area (Å²) in [4.78, 5) is 0.383. The molecule has 1 heterocycles. The van der Waals surface area contributed by atoms with E-state index in [1.165, 1.54) is 0 Å². The summed E-state index contributed by atoms with van der Waals surface area (Å²) in [6.07, 6.45) is 2.00. The predicted molar refractivity (Wildman–Crippen MR) is 83.1 cm³/mol. The lowest BCUT2D eigenvalue weighted by Gasteiger charge is -2.32. The molecule has 21 heavy (non-hydrogen) atoms. The van der Waals surface area contributed by atoms with Gasteiger partial charge in [-0.15, -0.1) is 0 Å². The topological polar surface area (TPSA) is 58.6 Å². The van der Waals surface area contributed by atoms with Crippen LogP contribution in [0.2, 0.25) is 0 Å². The summed E-state index contributed by atoms with van der Waals surface area (Å²) in [6, 6.07) is 5.11. The summed E-state index contributed by atoms with van der Waals surface area (Å²) >= 11 is 0. The van der Waals surface area contributed by atoms with Crippen LogP contribution in [0.25, 0.3) is 0 Å². The van der Waals surface area contributed by atoms with E-state index in [9.17, 15) is 8.42 Å². The molecule has 0 amide bonds. The lowest BCUT2D eigenvalue weighted by molar-refractivity contribution is 0.263. The molecule has 0 aliphatic carbocycles. The van der Waals surface area contributed by atoms with Gasteiger partial charge in [-0.25, -0.2) is 8.42 Å². The molecule has 0 bridgehead atoms. The maximum absolute atomic E-state index is 12.8. The van der Waals surface area contributed by atoms with E-state index in [1.54, 1.807) is 29.6 Å². The largest absolute Gasteiger partial charge is 0.497 e. The number of benzene rings is 1. The Bertz CT molecular complexity index is 585. The molecule has 0 aromatic heterocycles. The summed E-state index contributed by atoms with van der Waals surface area (Å²) in [6.45, 7) is 3.86. The third kappa shape index (κ3) is 3.56. The first kappa shape index (κ1) is 16.3. The van der Waals surface area contributed by atoms with Gasteiger partial charge in [0.15, 0.2) is 0 Å². The monoisotopic (exact) mass is 312 g/mol. The standard InChI is InChI=1S/C15H24N2O3S/c1-12-9-14(20-3)6-7-15(12)21(18,19)17-8-4-5-13(11-17)10-16-2/h6-7,9,13,16H,4-5,8,10-11H2,1-3H3/t13-/m0/s1. The molecule has 2 rings (SSSR count). The fourth-order valence-corrected chi connectivity index (χ4v) is 4.64. The number of ether oxygens (including phenoxy) is 1. The van der Waals surface area contributed by atoms with Gasteiger partial charge in [-0.05, 0) is 63.0 Å². The maximum atomic E-state index is 12.8. The second-order valence-electron chi connectivity index (χ2n) is 5.56. The van der Waals surface area contributed by atoms with Crippen molar-refractivity contribution in [2.75, 3.05) is 33.8 Å². The quantitative estimate of drug-likeness (QED) is 0.898. The van der Waals surface area contributed by atoms with E-state index in [-0.39, 0.29) is 0 Å². The van der Waals surface area contributed by atoms with Crippen molar-refractivity contribution in [3.8, 4) is 5.75 Å². The van der Waals surface area contributed by atoms with E-state index in [1.807, 2.05) is 14.0 Å². The van der Waals surface area contributed by atoms with Crippen LogP contribution in [0.5, 0.6) is 5.75 Å². The zero-order valence-corrected chi connectivity index (χ0v) is 13.7. The first-order chi connectivity index (χ1) is 9.98. The number of sulfonamides is 1. The normalized spacial score (nSPS) is 20.4. The number of nitrogens with one attached hydrogen (secondary N) is 1. The number of aryl methyl sites for hydroxylation is 1. The zero-order chi connectivity index (χ0) is 15.5. The molecule has 5 nitrogen and oxygen atoms in total. The Morgan fingerprint density at radius 2 is 2.19 bits per heavy atom. The highest BCUT2D eigenvalue weighted by molar-refractivity contribution is 7.89. The van der Waals surface area contributed by atoms with E-state index in [0.29, 0.717) is 29.7 Å². The third-order valence-electron chi connectivity index (χ3n) is 3.97. The molecule has 1 aliphatic heterocycles. The molecule has 1 aromatic carbocycles. The predicted octanol–water partition coefficient (Wildman–Crippen LogP) is 1.62. The smallest absolute Gasteiger partial charge is 0.243 e. The molecule has 1 aromatic rings. The van der Waals surface area contributed by atoms with Gasteiger partial charge in [-0.2, -0.15) is 4.31 Å². The molecule has 118 valence electrons. The number of hydrogen-bond acceptors (Lipinski definition) is 4. The van der Waals surface area contributed by atoms with Crippen LogP contribution in [0.3, 0.4) is 0 Å². The third-order valence-corrected chi connectivity index (χ3v) is 6.00. The SMILES string of the molecule is CNC[C@@H]1CCCN(S(=O)(=O)c2ccc(OC)cc2C)C1. The van der Waals surface area contributed by atoms with Crippen molar-refractivity contribution in [3.63, 3.8) is 0 Å². The average Bonchev–Trinajstić information content (AvgIpc) is 2.47. The van der Waals surface area contributed by atoms with Gasteiger partial charge in [-0.3, -0.25) is 0 Å². The van der Waals surface area contributed by atoms with Crippen LogP contribution >= 0.6 is 0 Å². The van der Waals surface area contributed by atoms with Crippen LogP contribution in [-0.2, 0) is 10.0 Å². The Labute approximate surface area is 127 Å². The molecule has 1 atom stereocenters. The molecule has 6 heteroatoms. The summed E-state index contributed by atoms with van der Waals surface area (Å²) in [5, 5.41) is 3.14. The van der Waals surface area contributed by atoms with Crippen molar-refractivity contribution in [2.45, 2.75) is 24.7 Å². The minimum absolute atomic E-state index is 0.383. The van der Waals surface area contributed by atoms with Crippen LogP contribution in [0.4, 0.5) is 0 Å². The molecular weight excluding hydrogens is 288 g/mol. The highest BCUT2D eigenvalue weighted by Crippen LogP contribution is 2.27. The van der Waals surface area contributed by atoms with Crippen LogP contribution in [0, 0.1) is 12.8 Å². The van der Waals surface area contributed by atoms with Gasteiger partial charge in [0.05, 0.1) is 12.0 Å². The number of nitrogens with zero attached hydrogens (tertiary/aromatic N) is 1. The Kier molecular flexibility index (Phi) is 5.24. The van der Waals surface area contributed by atoms with E-state index in [0.717, 1.165) is 24.9 Å². The second kappa shape index (κ2) is 6.77. The number of hydrogen-bond donors (Lipinski definition) is 1. The van der Waals surface area contributed by atoms with E-state index in [4.69, 9.17) is 4.74 Å². The van der Waals surface area contributed by atoms with Crippen molar-refractivity contribution in [1.29, 1.82) is 0 Å². The molecule has 0 saturated carbocycles. The fourth-order valence-electron chi connectivity index (χ4n) is 2.88. The van der Waals surface area contributed by atoms with Crippen molar-refractivity contribution >= 4 is 10.0 Å². The maximum Gasteiger partial charge on any atom is 0.243 e. The summed E-state index contributed by atoms with van der Waals surface area (Å²) in [7, 11) is 0.0642. The van der Waals surface area contributed by atoms with E-state index >= 15 is 0 Å². The lowest BCUT2D eigenvalue weighted by Crippen LogP contribution is -2.42. The zero-order valence-electron chi connectivity index (χ0n) is 12.9. The van der Waals surface area contributed by atoms with E-state index < -0.39 is 10.0 Å². The van der Waals surface area contributed by atoms with E-state index in [2.05, 4.69) is 5.32 Å². The van der Waals surface area contributed by atoms with Crippen molar-refractivity contribution in [2.24, 2.45) is 5.92 Å². The minimum atomic E-state index is -3.42. The molecule has 0 unspecified atom stereocenters. The Hall–Kier alpha value is -1.11.